The second-order valence-electron chi connectivity index (χ2n) is 4.24. The van der Waals surface area contributed by atoms with Crippen LogP contribution >= 0.6 is 0 Å². The van der Waals surface area contributed by atoms with Gasteiger partial charge in [0.15, 0.2) is 0 Å². The highest BCUT2D eigenvalue weighted by atomic mass is 19.1. The Morgan fingerprint density at radius 1 is 1.33 bits per heavy atom. The molecule has 2 rings (SSSR count). The second-order valence-corrected chi connectivity index (χ2v) is 4.24. The van der Waals surface area contributed by atoms with Crippen LogP contribution in [0, 0.1) is 15.9 Å². The maximum Gasteiger partial charge on any atom is 0.312 e. The van der Waals surface area contributed by atoms with Gasteiger partial charge in [-0.1, -0.05) is 12.1 Å². The molecule has 0 radical (unpaired) electrons. The van der Waals surface area contributed by atoms with Gasteiger partial charge in [0.25, 0.3) is 0 Å². The third-order valence-corrected chi connectivity index (χ3v) is 3.02. The number of rotatable bonds is 5. The molecule has 0 atom stereocenters. The highest BCUT2D eigenvalue weighted by Crippen LogP contribution is 2.33. The largest absolute Gasteiger partial charge is 0.373 e. The first-order valence-corrected chi connectivity index (χ1v) is 6.43. The zero-order valence-corrected chi connectivity index (χ0v) is 11.7. The van der Waals surface area contributed by atoms with E-state index >= 15 is 0 Å². The number of anilines is 3. The Morgan fingerprint density at radius 2 is 2.05 bits per heavy atom. The Balaban J connectivity index is 2.61. The first-order chi connectivity index (χ1) is 10.1. The molecule has 1 heterocycles. The van der Waals surface area contributed by atoms with Gasteiger partial charge in [0.1, 0.15) is 11.6 Å². The lowest BCUT2D eigenvalue weighted by atomic mass is 10.2. The van der Waals surface area contributed by atoms with Crippen LogP contribution in [0.15, 0.2) is 36.4 Å². The van der Waals surface area contributed by atoms with Crippen molar-refractivity contribution in [1.82, 2.24) is 4.98 Å². The van der Waals surface area contributed by atoms with E-state index < -0.39 is 10.7 Å². The first-order valence-electron chi connectivity index (χ1n) is 6.43. The predicted molar refractivity (Wildman–Crippen MR) is 79.5 cm³/mol. The summed E-state index contributed by atoms with van der Waals surface area (Å²) in [6, 6.07) is 8.99. The number of benzene rings is 1. The van der Waals surface area contributed by atoms with E-state index in [4.69, 9.17) is 0 Å². The van der Waals surface area contributed by atoms with Crippen LogP contribution in [0.2, 0.25) is 0 Å². The summed E-state index contributed by atoms with van der Waals surface area (Å²) in [4.78, 5) is 16.3. The minimum atomic E-state index is -0.523. The van der Waals surface area contributed by atoms with E-state index in [2.05, 4.69) is 10.3 Å². The van der Waals surface area contributed by atoms with Crippen LogP contribution in [0.5, 0.6) is 0 Å². The molecule has 0 saturated heterocycles. The molecule has 0 amide bonds. The van der Waals surface area contributed by atoms with Crippen molar-refractivity contribution in [3.8, 4) is 0 Å². The summed E-state index contributed by atoms with van der Waals surface area (Å²) in [5, 5.41) is 14.0. The molecule has 0 aliphatic carbocycles. The molecule has 0 fully saturated rings. The molecule has 110 valence electrons. The third-order valence-electron chi connectivity index (χ3n) is 3.02. The van der Waals surface area contributed by atoms with Crippen molar-refractivity contribution in [2.75, 3.05) is 23.8 Å². The van der Waals surface area contributed by atoms with E-state index in [0.29, 0.717) is 12.4 Å². The molecule has 0 unspecified atom stereocenters. The molecular formula is C14H15FN4O2. The number of halogens is 1. The molecule has 1 N–H and O–H groups in total. The molecule has 7 heteroatoms. The van der Waals surface area contributed by atoms with Crippen molar-refractivity contribution in [3.05, 3.63) is 52.3 Å². The summed E-state index contributed by atoms with van der Waals surface area (Å²) in [7, 11) is 1.66. The van der Waals surface area contributed by atoms with Crippen molar-refractivity contribution in [2.24, 2.45) is 0 Å². The number of hydrogen-bond acceptors (Lipinski definition) is 5. The minimum Gasteiger partial charge on any atom is -0.373 e. The van der Waals surface area contributed by atoms with Crippen LogP contribution in [0.4, 0.5) is 27.4 Å². The van der Waals surface area contributed by atoms with Gasteiger partial charge in [-0.05, 0) is 25.1 Å². The number of pyridine rings is 1. The maximum atomic E-state index is 14.0. The normalized spacial score (nSPS) is 10.2. The predicted octanol–water partition coefficient (Wildman–Crippen LogP) is 3.33. The van der Waals surface area contributed by atoms with Crippen molar-refractivity contribution < 1.29 is 9.31 Å². The van der Waals surface area contributed by atoms with Crippen LogP contribution < -0.4 is 10.2 Å². The van der Waals surface area contributed by atoms with Gasteiger partial charge >= 0.3 is 5.69 Å². The first kappa shape index (κ1) is 14.7. The molecular weight excluding hydrogens is 275 g/mol. The van der Waals surface area contributed by atoms with Crippen LogP contribution in [0.25, 0.3) is 0 Å². The smallest absolute Gasteiger partial charge is 0.312 e. The average molecular weight is 290 g/mol. The molecule has 0 spiro atoms. The van der Waals surface area contributed by atoms with Crippen LogP contribution in [-0.4, -0.2) is 23.5 Å². The molecule has 1 aromatic heterocycles. The standard InChI is InChI=1S/C14H15FN4O2/c1-3-18(11-7-5-4-6-10(11)15)14-12(19(20)21)8-9-13(16-2)17-14/h4-9H,3H2,1-2H3,(H,16,17). The monoisotopic (exact) mass is 290 g/mol. The fourth-order valence-electron chi connectivity index (χ4n) is 2.03. The Morgan fingerprint density at radius 3 is 2.62 bits per heavy atom. The van der Waals surface area contributed by atoms with E-state index in [0.717, 1.165) is 0 Å². The van der Waals surface area contributed by atoms with Crippen molar-refractivity contribution in [1.29, 1.82) is 0 Å². The Labute approximate surface area is 121 Å². The average Bonchev–Trinajstić information content (AvgIpc) is 2.49. The van der Waals surface area contributed by atoms with Gasteiger partial charge in [0.2, 0.25) is 5.82 Å². The summed E-state index contributed by atoms with van der Waals surface area (Å²) in [6.07, 6.45) is 0. The van der Waals surface area contributed by atoms with E-state index in [1.165, 1.54) is 23.1 Å². The van der Waals surface area contributed by atoms with Crippen LogP contribution in [0.1, 0.15) is 6.92 Å². The zero-order valence-electron chi connectivity index (χ0n) is 11.7. The number of hydrogen-bond donors (Lipinski definition) is 1. The topological polar surface area (TPSA) is 71.3 Å². The fraction of sp³-hybridized carbons (Fsp3) is 0.214. The third kappa shape index (κ3) is 2.91. The molecule has 0 aliphatic heterocycles. The number of para-hydroxylation sites is 1. The molecule has 2 aromatic rings. The fourth-order valence-corrected chi connectivity index (χ4v) is 2.03. The van der Waals surface area contributed by atoms with Gasteiger partial charge in [-0.25, -0.2) is 9.37 Å². The lowest BCUT2D eigenvalue weighted by Crippen LogP contribution is -2.20. The summed E-state index contributed by atoms with van der Waals surface area (Å²) < 4.78 is 14.0. The Hall–Kier alpha value is -2.70. The van der Waals surface area contributed by atoms with E-state index in [1.807, 2.05) is 0 Å². The van der Waals surface area contributed by atoms with Crippen LogP contribution in [-0.2, 0) is 0 Å². The molecule has 0 aliphatic rings. The molecule has 6 nitrogen and oxygen atoms in total. The van der Waals surface area contributed by atoms with Gasteiger partial charge < -0.3 is 10.2 Å². The number of aromatic nitrogens is 1. The lowest BCUT2D eigenvalue weighted by molar-refractivity contribution is -0.384. The number of nitro groups is 1. The van der Waals surface area contributed by atoms with E-state index in [-0.39, 0.29) is 17.2 Å². The molecule has 0 bridgehead atoms. The van der Waals surface area contributed by atoms with Gasteiger partial charge in [-0.15, -0.1) is 0 Å². The van der Waals surface area contributed by atoms with E-state index in [9.17, 15) is 14.5 Å². The van der Waals surface area contributed by atoms with Gasteiger partial charge in [-0.2, -0.15) is 0 Å². The van der Waals surface area contributed by atoms with Crippen molar-refractivity contribution >= 4 is 23.0 Å². The second kappa shape index (κ2) is 6.17. The highest BCUT2D eigenvalue weighted by molar-refractivity contribution is 5.70. The van der Waals surface area contributed by atoms with Gasteiger partial charge in [0.05, 0.1) is 10.6 Å². The molecule has 0 saturated carbocycles. The lowest BCUT2D eigenvalue weighted by Gasteiger charge is -2.22. The quantitative estimate of drug-likeness (QED) is 0.675. The van der Waals surface area contributed by atoms with Crippen LogP contribution in [0.3, 0.4) is 0 Å². The highest BCUT2D eigenvalue weighted by Gasteiger charge is 2.23. The summed E-state index contributed by atoms with van der Waals surface area (Å²) in [5.74, 6) is 0.134. The number of nitrogens with zero attached hydrogens (tertiary/aromatic N) is 3. The minimum absolute atomic E-state index is 0.111. The molecule has 1 aromatic carbocycles. The summed E-state index contributed by atoms with van der Waals surface area (Å²) >= 11 is 0. The summed E-state index contributed by atoms with van der Waals surface area (Å²) in [6.45, 7) is 2.13. The SMILES string of the molecule is CCN(c1ccccc1F)c1nc(NC)ccc1[N+](=O)[O-]. The van der Waals surface area contributed by atoms with Gasteiger partial charge in [-0.3, -0.25) is 10.1 Å². The van der Waals surface area contributed by atoms with Gasteiger partial charge in [0, 0.05) is 19.7 Å². The zero-order chi connectivity index (χ0) is 15.4. The van der Waals surface area contributed by atoms with Crippen molar-refractivity contribution in [2.45, 2.75) is 6.92 Å². The Kier molecular flexibility index (Phi) is 4.32. The summed E-state index contributed by atoms with van der Waals surface area (Å²) in [5.41, 5.74) is 0.0861. The Bertz CT molecular complexity index is 663. The maximum absolute atomic E-state index is 14.0. The van der Waals surface area contributed by atoms with E-state index in [1.54, 1.807) is 32.2 Å². The number of nitrogens with one attached hydrogen (secondary N) is 1. The van der Waals surface area contributed by atoms with Crippen molar-refractivity contribution in [3.63, 3.8) is 0 Å². The molecule has 21 heavy (non-hydrogen) atoms.